The molecular weight excluding hydrogens is 274 g/mol. The van der Waals surface area contributed by atoms with Crippen molar-refractivity contribution in [3.8, 4) is 11.5 Å². The summed E-state index contributed by atoms with van der Waals surface area (Å²) < 4.78 is 12.1. The standard InChI is InChI=1S/C15H17NO5/c1-8(2)16-9(15(18)19)7-10(17)13-11(20-3)5-6-12(21-4)14(13)16/h5-8H,1-4H3,(H,18,19). The number of rotatable bonds is 4. The molecule has 0 atom stereocenters. The van der Waals surface area contributed by atoms with Crippen LogP contribution < -0.4 is 14.9 Å². The highest BCUT2D eigenvalue weighted by molar-refractivity contribution is 5.95. The van der Waals surface area contributed by atoms with Crippen LogP contribution in [-0.4, -0.2) is 29.9 Å². The molecule has 0 amide bonds. The lowest BCUT2D eigenvalue weighted by molar-refractivity contribution is 0.0683. The van der Waals surface area contributed by atoms with Crippen molar-refractivity contribution in [3.63, 3.8) is 0 Å². The number of aromatic carboxylic acids is 1. The van der Waals surface area contributed by atoms with Crippen molar-refractivity contribution in [3.05, 3.63) is 34.1 Å². The van der Waals surface area contributed by atoms with Crippen LogP contribution >= 0.6 is 0 Å². The van der Waals surface area contributed by atoms with E-state index in [2.05, 4.69) is 0 Å². The first-order valence-electron chi connectivity index (χ1n) is 6.45. The predicted molar refractivity (Wildman–Crippen MR) is 78.7 cm³/mol. The summed E-state index contributed by atoms with van der Waals surface area (Å²) in [7, 11) is 2.94. The molecule has 0 fully saturated rings. The molecule has 1 N–H and O–H groups in total. The Morgan fingerprint density at radius 3 is 2.24 bits per heavy atom. The van der Waals surface area contributed by atoms with Gasteiger partial charge in [-0.15, -0.1) is 0 Å². The lowest BCUT2D eigenvalue weighted by atomic mass is 10.1. The molecule has 0 unspecified atom stereocenters. The molecule has 6 heteroatoms. The van der Waals surface area contributed by atoms with Crippen LogP contribution in [0.25, 0.3) is 10.9 Å². The van der Waals surface area contributed by atoms with E-state index in [0.29, 0.717) is 22.4 Å². The van der Waals surface area contributed by atoms with Crippen molar-refractivity contribution < 1.29 is 19.4 Å². The Labute approximate surface area is 121 Å². The fraction of sp³-hybridized carbons (Fsp3) is 0.333. The molecule has 0 aliphatic carbocycles. The van der Waals surface area contributed by atoms with Crippen LogP contribution in [0, 0.1) is 0 Å². The number of carbonyl (C=O) groups is 1. The average Bonchev–Trinajstić information content (AvgIpc) is 2.45. The second-order valence-electron chi connectivity index (χ2n) is 4.86. The number of ether oxygens (including phenoxy) is 2. The van der Waals surface area contributed by atoms with Gasteiger partial charge in [-0.25, -0.2) is 4.79 Å². The van der Waals surface area contributed by atoms with E-state index in [1.54, 1.807) is 16.7 Å². The quantitative estimate of drug-likeness (QED) is 0.935. The fourth-order valence-corrected chi connectivity index (χ4v) is 2.45. The maximum Gasteiger partial charge on any atom is 0.352 e. The summed E-state index contributed by atoms with van der Waals surface area (Å²) in [4.78, 5) is 23.8. The predicted octanol–water partition coefficient (Wildman–Crippen LogP) is 2.30. The zero-order chi connectivity index (χ0) is 15.7. The van der Waals surface area contributed by atoms with Crippen molar-refractivity contribution in [1.82, 2.24) is 4.57 Å². The molecule has 0 bridgehead atoms. The summed E-state index contributed by atoms with van der Waals surface area (Å²) in [6, 6.07) is 4.24. The second kappa shape index (κ2) is 5.47. The average molecular weight is 291 g/mol. The maximum absolute atomic E-state index is 12.3. The first kappa shape index (κ1) is 14.9. The minimum absolute atomic E-state index is 0.0750. The van der Waals surface area contributed by atoms with E-state index >= 15 is 0 Å². The largest absolute Gasteiger partial charge is 0.496 e. The van der Waals surface area contributed by atoms with Gasteiger partial charge in [-0.1, -0.05) is 0 Å². The molecule has 1 aromatic carbocycles. The second-order valence-corrected chi connectivity index (χ2v) is 4.86. The van der Waals surface area contributed by atoms with Gasteiger partial charge in [-0.2, -0.15) is 0 Å². The zero-order valence-corrected chi connectivity index (χ0v) is 12.3. The van der Waals surface area contributed by atoms with Crippen molar-refractivity contribution in [2.45, 2.75) is 19.9 Å². The number of hydrogen-bond acceptors (Lipinski definition) is 4. The lowest BCUT2D eigenvalue weighted by Gasteiger charge is -2.20. The third kappa shape index (κ3) is 2.33. The van der Waals surface area contributed by atoms with E-state index in [-0.39, 0.29) is 11.7 Å². The van der Waals surface area contributed by atoms with Gasteiger partial charge in [0, 0.05) is 12.1 Å². The first-order chi connectivity index (χ1) is 9.92. The molecule has 21 heavy (non-hydrogen) atoms. The molecule has 112 valence electrons. The van der Waals surface area contributed by atoms with Gasteiger partial charge >= 0.3 is 5.97 Å². The van der Waals surface area contributed by atoms with E-state index in [9.17, 15) is 14.7 Å². The van der Waals surface area contributed by atoms with Crippen LogP contribution in [0.1, 0.15) is 30.4 Å². The number of methoxy groups -OCH3 is 2. The van der Waals surface area contributed by atoms with Gasteiger partial charge in [0.15, 0.2) is 5.43 Å². The Balaban J connectivity index is 3.12. The van der Waals surface area contributed by atoms with Crippen molar-refractivity contribution in [2.24, 2.45) is 0 Å². The summed E-state index contributed by atoms with van der Waals surface area (Å²) in [6.45, 7) is 3.69. The summed E-state index contributed by atoms with van der Waals surface area (Å²) >= 11 is 0. The van der Waals surface area contributed by atoms with Gasteiger partial charge in [0.25, 0.3) is 0 Å². The van der Waals surface area contributed by atoms with Gasteiger partial charge in [0.2, 0.25) is 0 Å². The molecule has 0 saturated carbocycles. The van der Waals surface area contributed by atoms with Crippen molar-refractivity contribution in [1.29, 1.82) is 0 Å². The number of nitrogens with zero attached hydrogens (tertiary/aromatic N) is 1. The fourth-order valence-electron chi connectivity index (χ4n) is 2.45. The minimum atomic E-state index is -1.16. The Hall–Kier alpha value is -2.50. The molecule has 0 spiro atoms. The molecule has 0 saturated heterocycles. The van der Waals surface area contributed by atoms with Gasteiger partial charge in [-0.3, -0.25) is 4.79 Å². The van der Waals surface area contributed by atoms with Crippen LogP contribution in [0.4, 0.5) is 0 Å². The summed E-state index contributed by atoms with van der Waals surface area (Å²) in [5.41, 5.74) is -0.0548. The topological polar surface area (TPSA) is 77.8 Å². The van der Waals surface area contributed by atoms with Gasteiger partial charge in [0.1, 0.15) is 17.2 Å². The van der Waals surface area contributed by atoms with Crippen LogP contribution in [0.3, 0.4) is 0 Å². The summed E-state index contributed by atoms with van der Waals surface area (Å²) in [6.07, 6.45) is 0. The molecular formula is C15H17NO5. The SMILES string of the molecule is COc1ccc(OC)c2c1c(=O)cc(C(=O)O)n2C(C)C. The van der Waals surface area contributed by atoms with E-state index in [1.807, 2.05) is 13.8 Å². The van der Waals surface area contributed by atoms with Crippen LogP contribution in [-0.2, 0) is 0 Å². The van der Waals surface area contributed by atoms with Crippen LogP contribution in [0.15, 0.2) is 23.0 Å². The molecule has 2 rings (SSSR count). The number of fused-ring (bicyclic) bond motifs is 1. The third-order valence-electron chi connectivity index (χ3n) is 3.29. The Morgan fingerprint density at radius 2 is 1.76 bits per heavy atom. The highest BCUT2D eigenvalue weighted by Crippen LogP contribution is 2.33. The molecule has 0 aliphatic rings. The number of hydrogen-bond donors (Lipinski definition) is 1. The van der Waals surface area contributed by atoms with E-state index in [4.69, 9.17) is 9.47 Å². The lowest BCUT2D eigenvalue weighted by Crippen LogP contribution is -2.20. The first-order valence-corrected chi connectivity index (χ1v) is 6.45. The van der Waals surface area contributed by atoms with Crippen LogP contribution in [0.5, 0.6) is 11.5 Å². The minimum Gasteiger partial charge on any atom is -0.496 e. The number of carboxylic acids is 1. The number of carboxylic acid groups (broad SMARTS) is 1. The molecule has 0 aliphatic heterocycles. The Kier molecular flexibility index (Phi) is 3.88. The Bertz CT molecular complexity index is 761. The monoisotopic (exact) mass is 291 g/mol. The normalized spacial score (nSPS) is 10.9. The molecule has 6 nitrogen and oxygen atoms in total. The van der Waals surface area contributed by atoms with Crippen molar-refractivity contribution in [2.75, 3.05) is 14.2 Å². The molecule has 2 aromatic rings. The zero-order valence-electron chi connectivity index (χ0n) is 12.3. The smallest absolute Gasteiger partial charge is 0.352 e. The highest BCUT2D eigenvalue weighted by Gasteiger charge is 2.21. The third-order valence-corrected chi connectivity index (χ3v) is 3.29. The van der Waals surface area contributed by atoms with Gasteiger partial charge in [-0.05, 0) is 26.0 Å². The van der Waals surface area contributed by atoms with Gasteiger partial charge < -0.3 is 19.1 Å². The van der Waals surface area contributed by atoms with Crippen LogP contribution in [0.2, 0.25) is 0 Å². The van der Waals surface area contributed by atoms with E-state index in [1.165, 1.54) is 14.2 Å². The molecule has 1 heterocycles. The molecule has 1 aromatic heterocycles. The van der Waals surface area contributed by atoms with Crippen molar-refractivity contribution >= 4 is 16.9 Å². The molecule has 0 radical (unpaired) electrons. The Morgan fingerprint density at radius 1 is 1.19 bits per heavy atom. The number of aromatic nitrogens is 1. The van der Waals surface area contributed by atoms with E-state index < -0.39 is 11.4 Å². The summed E-state index contributed by atoms with van der Waals surface area (Å²) in [5.74, 6) is -0.339. The van der Waals surface area contributed by atoms with Gasteiger partial charge in [0.05, 0.1) is 25.1 Å². The number of benzene rings is 1. The van der Waals surface area contributed by atoms with E-state index in [0.717, 1.165) is 6.07 Å². The highest BCUT2D eigenvalue weighted by atomic mass is 16.5. The number of pyridine rings is 1. The summed E-state index contributed by atoms with van der Waals surface area (Å²) in [5, 5.41) is 9.67. The maximum atomic E-state index is 12.3.